The van der Waals surface area contributed by atoms with Gasteiger partial charge >= 0.3 is 5.97 Å². The number of hydrogen-bond acceptors (Lipinski definition) is 3. The summed E-state index contributed by atoms with van der Waals surface area (Å²) in [6.07, 6.45) is 6.34. The Morgan fingerprint density at radius 1 is 1.17 bits per heavy atom. The summed E-state index contributed by atoms with van der Waals surface area (Å²) in [5.41, 5.74) is 0.520. The number of hydrogen-bond donors (Lipinski definition) is 0. The first kappa shape index (κ1) is 19.5. The molecule has 3 atom stereocenters. The number of carbonyl (C=O) groups is 1. The summed E-state index contributed by atoms with van der Waals surface area (Å²) in [5, 5.41) is 0. The van der Waals surface area contributed by atoms with Crippen LogP contribution in [0.2, 0.25) is 0 Å². The first-order chi connectivity index (χ1) is 11.1. The van der Waals surface area contributed by atoms with Crippen molar-refractivity contribution in [2.75, 3.05) is 33.9 Å². The number of rotatable bonds is 4. The van der Waals surface area contributed by atoms with Gasteiger partial charge in [-0.25, -0.2) is 4.79 Å². The maximum atomic E-state index is 12.4. The third-order valence-electron chi connectivity index (χ3n) is 5.76. The molecule has 2 heterocycles. The third-order valence-corrected chi connectivity index (χ3v) is 5.76. The summed E-state index contributed by atoms with van der Waals surface area (Å²) in [6, 6.07) is 7.92. The number of benzene rings is 1. The minimum atomic E-state index is -0.266. The number of nitrogens with zero attached hydrogens (tertiary/aromatic N) is 1. The van der Waals surface area contributed by atoms with Crippen molar-refractivity contribution in [3.05, 3.63) is 29.8 Å². The molecule has 2 saturated heterocycles. The summed E-state index contributed by atoms with van der Waals surface area (Å²) in [7, 11) is 3.97. The predicted octanol–water partition coefficient (Wildman–Crippen LogP) is 0.265. The summed E-state index contributed by atoms with van der Waals surface area (Å²) < 4.78 is 12.1. The Morgan fingerprint density at radius 2 is 1.92 bits per heavy atom. The highest BCUT2D eigenvalue weighted by Crippen LogP contribution is 2.36. The summed E-state index contributed by atoms with van der Waals surface area (Å²) in [4.78, 5) is 12.4. The second-order valence-electron chi connectivity index (χ2n) is 7.19. The van der Waals surface area contributed by atoms with Crippen molar-refractivity contribution >= 4 is 5.97 Å². The Balaban J connectivity index is 0.00000208. The standard InChI is InChI=1S/C19H28NO3.HI/c1-20-12-6-5-10-17(20)15(8-7-13-20)14-23-19(21)16-9-3-4-11-18(16)22-2;/h3-4,9,11,15,17H,5-8,10,12-14H2,1-2H3;1H/q+1;/p-1. The largest absolute Gasteiger partial charge is 1.00 e. The molecule has 0 saturated carbocycles. The molecule has 134 valence electrons. The monoisotopic (exact) mass is 445 g/mol. The predicted molar refractivity (Wildman–Crippen MR) is 89.6 cm³/mol. The fourth-order valence-electron chi connectivity index (χ4n) is 4.50. The zero-order chi connectivity index (χ0) is 16.3. The highest BCUT2D eigenvalue weighted by molar-refractivity contribution is 5.92. The number of methoxy groups -OCH3 is 1. The van der Waals surface area contributed by atoms with Crippen molar-refractivity contribution in [3.63, 3.8) is 0 Å². The average molecular weight is 445 g/mol. The molecule has 2 aliphatic heterocycles. The van der Waals surface area contributed by atoms with E-state index in [1.54, 1.807) is 19.2 Å². The lowest BCUT2D eigenvalue weighted by molar-refractivity contribution is -0.947. The van der Waals surface area contributed by atoms with Gasteiger partial charge < -0.3 is 37.9 Å². The third kappa shape index (κ3) is 4.04. The van der Waals surface area contributed by atoms with Gasteiger partial charge in [0.2, 0.25) is 0 Å². The highest BCUT2D eigenvalue weighted by atomic mass is 127. The van der Waals surface area contributed by atoms with Gasteiger partial charge in [0.05, 0.1) is 33.3 Å². The van der Waals surface area contributed by atoms with E-state index in [4.69, 9.17) is 9.47 Å². The van der Waals surface area contributed by atoms with E-state index in [-0.39, 0.29) is 29.9 Å². The van der Waals surface area contributed by atoms with E-state index in [1.165, 1.54) is 49.7 Å². The van der Waals surface area contributed by atoms with Crippen LogP contribution in [-0.2, 0) is 4.74 Å². The Morgan fingerprint density at radius 3 is 2.71 bits per heavy atom. The van der Waals surface area contributed by atoms with Gasteiger partial charge in [0, 0.05) is 12.3 Å². The molecule has 1 aromatic carbocycles. The lowest BCUT2D eigenvalue weighted by atomic mass is 9.82. The SMILES string of the molecule is COc1ccccc1C(=O)OCC1CCC[N+]2(C)CCCCC12.[I-]. The Hall–Kier alpha value is -0.820. The molecule has 24 heavy (non-hydrogen) atoms. The van der Waals surface area contributed by atoms with Gasteiger partial charge in [-0.1, -0.05) is 12.1 Å². The van der Waals surface area contributed by atoms with Gasteiger partial charge in [0.1, 0.15) is 17.9 Å². The molecule has 0 radical (unpaired) electrons. The normalized spacial score (nSPS) is 29.1. The van der Waals surface area contributed by atoms with Crippen molar-refractivity contribution in [2.45, 2.75) is 38.1 Å². The molecular weight excluding hydrogens is 417 g/mol. The van der Waals surface area contributed by atoms with E-state index in [2.05, 4.69) is 7.05 Å². The van der Waals surface area contributed by atoms with Gasteiger partial charge in [-0.05, 0) is 37.8 Å². The first-order valence-corrected chi connectivity index (χ1v) is 8.78. The van der Waals surface area contributed by atoms with Crippen LogP contribution in [0, 0.1) is 5.92 Å². The van der Waals surface area contributed by atoms with Crippen LogP contribution in [0.4, 0.5) is 0 Å². The maximum absolute atomic E-state index is 12.4. The van der Waals surface area contributed by atoms with E-state index in [9.17, 15) is 4.79 Å². The molecule has 3 unspecified atom stereocenters. The Labute approximate surface area is 162 Å². The minimum absolute atomic E-state index is 0. The van der Waals surface area contributed by atoms with Crippen molar-refractivity contribution in [1.29, 1.82) is 0 Å². The van der Waals surface area contributed by atoms with Gasteiger partial charge in [-0.2, -0.15) is 0 Å². The number of quaternary nitrogens is 1. The molecule has 0 amide bonds. The zero-order valence-electron chi connectivity index (χ0n) is 14.7. The Bertz CT molecular complexity index is 561. The van der Waals surface area contributed by atoms with Crippen LogP contribution in [0.1, 0.15) is 42.5 Å². The van der Waals surface area contributed by atoms with Crippen molar-refractivity contribution in [1.82, 2.24) is 0 Å². The van der Waals surface area contributed by atoms with Crippen LogP contribution in [0.15, 0.2) is 24.3 Å². The van der Waals surface area contributed by atoms with Crippen LogP contribution >= 0.6 is 0 Å². The molecule has 5 heteroatoms. The number of ether oxygens (including phenoxy) is 2. The first-order valence-electron chi connectivity index (χ1n) is 8.78. The van der Waals surface area contributed by atoms with Crippen LogP contribution in [0.25, 0.3) is 0 Å². The van der Waals surface area contributed by atoms with Crippen molar-refractivity contribution < 1.29 is 42.7 Å². The molecule has 0 bridgehead atoms. The van der Waals surface area contributed by atoms with Gasteiger partial charge in [0.25, 0.3) is 0 Å². The van der Waals surface area contributed by atoms with Crippen molar-refractivity contribution in [2.24, 2.45) is 5.92 Å². The fraction of sp³-hybridized carbons (Fsp3) is 0.632. The molecule has 0 aromatic heterocycles. The molecule has 0 spiro atoms. The minimum Gasteiger partial charge on any atom is -1.00 e. The van der Waals surface area contributed by atoms with Crippen LogP contribution in [-0.4, -0.2) is 50.3 Å². The molecule has 3 rings (SSSR count). The van der Waals surface area contributed by atoms with Gasteiger partial charge in [-0.15, -0.1) is 0 Å². The number of piperidine rings is 2. The maximum Gasteiger partial charge on any atom is 0.341 e. The van der Waals surface area contributed by atoms with Crippen LogP contribution in [0.3, 0.4) is 0 Å². The number of esters is 1. The summed E-state index contributed by atoms with van der Waals surface area (Å²) >= 11 is 0. The molecule has 0 aliphatic carbocycles. The Kier molecular flexibility index (Phi) is 6.92. The summed E-state index contributed by atoms with van der Waals surface area (Å²) in [6.45, 7) is 3.10. The number of para-hydroxylation sites is 1. The number of halogens is 1. The molecule has 0 N–H and O–H groups in total. The number of carbonyl (C=O) groups excluding carboxylic acids is 1. The van der Waals surface area contributed by atoms with E-state index in [0.717, 1.165) is 0 Å². The second-order valence-corrected chi connectivity index (χ2v) is 7.19. The molecule has 1 aromatic rings. The highest BCUT2D eigenvalue weighted by Gasteiger charge is 2.43. The lowest BCUT2D eigenvalue weighted by Crippen LogP contribution is -3.00. The average Bonchev–Trinajstić information content (AvgIpc) is 2.58. The van der Waals surface area contributed by atoms with E-state index in [0.29, 0.717) is 29.9 Å². The van der Waals surface area contributed by atoms with Crippen LogP contribution in [0.5, 0.6) is 5.75 Å². The lowest BCUT2D eigenvalue weighted by Gasteiger charge is -2.51. The fourth-order valence-corrected chi connectivity index (χ4v) is 4.50. The van der Waals surface area contributed by atoms with E-state index in [1.807, 2.05) is 12.1 Å². The van der Waals surface area contributed by atoms with Crippen molar-refractivity contribution in [3.8, 4) is 5.75 Å². The van der Waals surface area contributed by atoms with Crippen LogP contribution < -0.4 is 28.7 Å². The molecule has 2 aliphatic rings. The van der Waals surface area contributed by atoms with Gasteiger partial charge in [-0.3, -0.25) is 0 Å². The van der Waals surface area contributed by atoms with Gasteiger partial charge in [0.15, 0.2) is 0 Å². The molecule has 4 nitrogen and oxygen atoms in total. The van der Waals surface area contributed by atoms with E-state index < -0.39 is 0 Å². The number of fused-ring (bicyclic) bond motifs is 1. The summed E-state index contributed by atoms with van der Waals surface area (Å²) in [5.74, 6) is 0.810. The molecule has 2 fully saturated rings. The molecular formula is C19H28INO3. The zero-order valence-corrected chi connectivity index (χ0v) is 16.8. The smallest absolute Gasteiger partial charge is 0.341 e. The topological polar surface area (TPSA) is 35.5 Å². The second kappa shape index (κ2) is 8.52. The van der Waals surface area contributed by atoms with E-state index >= 15 is 0 Å². The quantitative estimate of drug-likeness (QED) is 0.379.